The fourth-order valence-corrected chi connectivity index (χ4v) is 3.55. The highest BCUT2D eigenvalue weighted by Crippen LogP contribution is 2.53. The van der Waals surface area contributed by atoms with E-state index in [1.54, 1.807) is 19.0 Å². The van der Waals surface area contributed by atoms with E-state index in [1.165, 1.54) is 12.1 Å². The van der Waals surface area contributed by atoms with Gasteiger partial charge < -0.3 is 4.90 Å². The van der Waals surface area contributed by atoms with Gasteiger partial charge >= 0.3 is 6.18 Å². The van der Waals surface area contributed by atoms with Gasteiger partial charge in [-0.3, -0.25) is 0 Å². The molecule has 16 heavy (non-hydrogen) atoms. The van der Waals surface area contributed by atoms with Crippen LogP contribution in [0.5, 0.6) is 0 Å². The molecule has 0 aliphatic carbocycles. The zero-order valence-corrected chi connectivity index (χ0v) is 12.6. The van der Waals surface area contributed by atoms with E-state index in [1.807, 2.05) is 0 Å². The highest BCUT2D eigenvalue weighted by atomic mass is 79.9. The van der Waals surface area contributed by atoms with Crippen molar-refractivity contribution in [3.63, 3.8) is 0 Å². The van der Waals surface area contributed by atoms with Crippen molar-refractivity contribution in [2.75, 3.05) is 19.0 Å². The van der Waals surface area contributed by atoms with E-state index in [0.717, 1.165) is 11.8 Å². The van der Waals surface area contributed by atoms with Crippen molar-refractivity contribution in [2.24, 2.45) is 0 Å². The number of anilines is 1. The summed E-state index contributed by atoms with van der Waals surface area (Å²) < 4.78 is 38.1. The summed E-state index contributed by atoms with van der Waals surface area (Å²) in [5.74, 6) is 0. The number of halogens is 5. The Bertz CT molecular complexity index is 380. The zero-order valence-electron chi connectivity index (χ0n) is 8.52. The minimum Gasteiger partial charge on any atom is -0.378 e. The third kappa shape index (κ3) is 3.34. The molecule has 0 N–H and O–H groups in total. The molecular weight excluding hydrogens is 370 g/mol. The molecule has 0 saturated heterocycles. The van der Waals surface area contributed by atoms with Crippen LogP contribution in [0.3, 0.4) is 0 Å². The average Bonchev–Trinajstić information content (AvgIpc) is 2.15. The van der Waals surface area contributed by atoms with E-state index < -0.39 is 17.1 Å². The molecule has 0 amide bonds. The van der Waals surface area contributed by atoms with E-state index in [-0.39, 0.29) is 5.30 Å². The monoisotopic (exact) mass is 377 g/mol. The first-order valence-electron chi connectivity index (χ1n) is 4.23. The molecule has 0 heterocycles. The molecule has 1 rings (SSSR count). The van der Waals surface area contributed by atoms with Crippen molar-refractivity contribution >= 4 is 47.3 Å². The standard InChI is InChI=1S/C9H9Br2F3NP/c1-15(2)6-3-4-7(9(12,13)14)8(5-6)16(10)11/h3-5H,1-2H3. The Kier molecular flexibility index (Phi) is 4.66. The molecule has 0 radical (unpaired) electrons. The predicted molar refractivity (Wildman–Crippen MR) is 70.2 cm³/mol. The van der Waals surface area contributed by atoms with Gasteiger partial charge in [-0.2, -0.15) is 13.2 Å². The summed E-state index contributed by atoms with van der Waals surface area (Å²) >= 11 is 6.34. The van der Waals surface area contributed by atoms with Crippen LogP contribution in [0.4, 0.5) is 18.9 Å². The molecule has 0 aromatic heterocycles. The van der Waals surface area contributed by atoms with Crippen LogP contribution < -0.4 is 10.2 Å². The molecule has 1 nitrogen and oxygen atoms in total. The fraction of sp³-hybridized carbons (Fsp3) is 0.333. The minimum absolute atomic E-state index is 0.244. The zero-order chi connectivity index (χ0) is 12.5. The van der Waals surface area contributed by atoms with Crippen molar-refractivity contribution in [3.8, 4) is 0 Å². The van der Waals surface area contributed by atoms with Gasteiger partial charge in [0, 0.05) is 25.1 Å². The lowest BCUT2D eigenvalue weighted by molar-refractivity contribution is -0.136. The summed E-state index contributed by atoms with van der Waals surface area (Å²) in [5, 5.41) is -0.899. The van der Waals surface area contributed by atoms with Gasteiger partial charge in [0.1, 0.15) is 0 Å². The second-order valence-electron chi connectivity index (χ2n) is 3.33. The van der Waals surface area contributed by atoms with Gasteiger partial charge in [0.25, 0.3) is 0 Å². The topological polar surface area (TPSA) is 3.24 Å². The van der Waals surface area contributed by atoms with E-state index in [4.69, 9.17) is 0 Å². The molecule has 0 aliphatic heterocycles. The SMILES string of the molecule is CN(C)c1ccc(C(F)(F)F)c(P(Br)Br)c1. The van der Waals surface area contributed by atoms with Crippen molar-refractivity contribution < 1.29 is 13.2 Å². The molecule has 1 aromatic carbocycles. The summed E-state index contributed by atoms with van der Waals surface area (Å²) in [6.45, 7) is 0. The van der Waals surface area contributed by atoms with E-state index in [9.17, 15) is 13.2 Å². The maximum absolute atomic E-state index is 12.7. The van der Waals surface area contributed by atoms with Gasteiger partial charge in [-0.15, -0.1) is 0 Å². The highest BCUT2D eigenvalue weighted by molar-refractivity contribution is 9.70. The summed E-state index contributed by atoms with van der Waals surface area (Å²) in [6, 6.07) is 4.12. The van der Waals surface area contributed by atoms with Crippen molar-refractivity contribution in [3.05, 3.63) is 23.8 Å². The van der Waals surface area contributed by atoms with Crippen LogP contribution in [0.25, 0.3) is 0 Å². The first kappa shape index (κ1) is 14.3. The number of nitrogens with zero attached hydrogens (tertiary/aromatic N) is 1. The van der Waals surface area contributed by atoms with Gasteiger partial charge in [-0.25, -0.2) is 0 Å². The average molecular weight is 379 g/mol. The van der Waals surface area contributed by atoms with Gasteiger partial charge in [-0.05, 0) is 49.2 Å². The fourth-order valence-electron chi connectivity index (χ4n) is 1.18. The lowest BCUT2D eigenvalue weighted by Gasteiger charge is -2.18. The van der Waals surface area contributed by atoms with Crippen LogP contribution in [0.2, 0.25) is 0 Å². The molecule has 90 valence electrons. The molecule has 0 atom stereocenters. The Balaban J connectivity index is 3.31. The minimum atomic E-state index is -4.32. The van der Waals surface area contributed by atoms with E-state index in [0.29, 0.717) is 0 Å². The number of hydrogen-bond donors (Lipinski definition) is 0. The first-order chi connectivity index (χ1) is 7.23. The van der Waals surface area contributed by atoms with Crippen LogP contribution in [-0.4, -0.2) is 14.1 Å². The Hall–Kier alpha value is 0.200. The summed E-state index contributed by atoms with van der Waals surface area (Å²) in [5.41, 5.74) is 0.146. The smallest absolute Gasteiger partial charge is 0.378 e. The summed E-state index contributed by atoms with van der Waals surface area (Å²) in [7, 11) is 3.58. The highest BCUT2D eigenvalue weighted by Gasteiger charge is 2.34. The third-order valence-electron chi connectivity index (χ3n) is 1.99. The number of rotatable bonds is 2. The number of benzene rings is 1. The third-order valence-corrected chi connectivity index (χ3v) is 5.01. The quantitative estimate of drug-likeness (QED) is 0.685. The van der Waals surface area contributed by atoms with Gasteiger partial charge in [-0.1, -0.05) is 0 Å². The van der Waals surface area contributed by atoms with Crippen LogP contribution >= 0.6 is 36.3 Å². The van der Waals surface area contributed by atoms with Gasteiger partial charge in [0.15, 0.2) is 0 Å². The van der Waals surface area contributed by atoms with Crippen LogP contribution in [0.1, 0.15) is 5.56 Å². The van der Waals surface area contributed by atoms with Crippen molar-refractivity contribution in [1.29, 1.82) is 0 Å². The lowest BCUT2D eigenvalue weighted by atomic mass is 10.2. The van der Waals surface area contributed by atoms with E-state index >= 15 is 0 Å². The van der Waals surface area contributed by atoms with Gasteiger partial charge in [0.2, 0.25) is 0 Å². The molecular formula is C9H9Br2F3NP. The Morgan fingerprint density at radius 2 is 1.75 bits per heavy atom. The summed E-state index contributed by atoms with van der Waals surface area (Å²) in [4.78, 5) is 1.77. The Labute approximate surface area is 109 Å². The molecule has 0 spiro atoms. The maximum atomic E-state index is 12.7. The van der Waals surface area contributed by atoms with Crippen molar-refractivity contribution in [2.45, 2.75) is 6.18 Å². The van der Waals surface area contributed by atoms with Gasteiger partial charge in [0.05, 0.1) is 10.9 Å². The lowest BCUT2D eigenvalue weighted by Crippen LogP contribution is -2.18. The number of hydrogen-bond acceptors (Lipinski definition) is 1. The second kappa shape index (κ2) is 5.23. The molecule has 0 bridgehead atoms. The van der Waals surface area contributed by atoms with Crippen LogP contribution in [0.15, 0.2) is 18.2 Å². The van der Waals surface area contributed by atoms with Crippen LogP contribution in [-0.2, 0) is 6.18 Å². The largest absolute Gasteiger partial charge is 0.417 e. The predicted octanol–water partition coefficient (Wildman–Crippen LogP) is 4.50. The second-order valence-corrected chi connectivity index (χ2v) is 11.4. The molecule has 0 aliphatic rings. The molecule has 0 saturated carbocycles. The molecule has 0 unspecified atom stereocenters. The summed E-state index contributed by atoms with van der Waals surface area (Å²) in [6.07, 6.45) is -4.32. The molecule has 1 aromatic rings. The first-order valence-corrected chi connectivity index (χ1v) is 9.61. The maximum Gasteiger partial charge on any atom is 0.417 e. The van der Waals surface area contributed by atoms with Crippen LogP contribution in [0, 0.1) is 0 Å². The Morgan fingerprint density at radius 1 is 1.19 bits per heavy atom. The normalized spacial score (nSPS) is 12.0. The molecule has 0 fully saturated rings. The Morgan fingerprint density at radius 3 is 2.12 bits per heavy atom. The van der Waals surface area contributed by atoms with Crippen molar-refractivity contribution in [1.82, 2.24) is 0 Å². The molecule has 7 heteroatoms. The van der Waals surface area contributed by atoms with E-state index in [2.05, 4.69) is 31.0 Å². The number of alkyl halides is 3.